The van der Waals surface area contributed by atoms with Gasteiger partial charge in [-0.1, -0.05) is 12.1 Å². The summed E-state index contributed by atoms with van der Waals surface area (Å²) in [4.78, 5) is 12.0. The van der Waals surface area contributed by atoms with Gasteiger partial charge >= 0.3 is 0 Å². The summed E-state index contributed by atoms with van der Waals surface area (Å²) in [5.41, 5.74) is 0.749. The van der Waals surface area contributed by atoms with Gasteiger partial charge in [-0.15, -0.1) is 23.5 Å². The Bertz CT molecular complexity index is 470. The van der Waals surface area contributed by atoms with E-state index in [1.807, 2.05) is 47.8 Å². The number of benzene rings is 1. The average molecular weight is 327 g/mol. The van der Waals surface area contributed by atoms with Gasteiger partial charge in [0, 0.05) is 36.6 Å². The summed E-state index contributed by atoms with van der Waals surface area (Å²) in [6.45, 7) is 1.62. The van der Waals surface area contributed by atoms with Gasteiger partial charge in [0.1, 0.15) is 0 Å². The van der Waals surface area contributed by atoms with Crippen LogP contribution >= 0.6 is 23.5 Å². The van der Waals surface area contributed by atoms with Crippen molar-refractivity contribution in [3.63, 3.8) is 0 Å². The smallest absolute Gasteiger partial charge is 0.251 e. The highest BCUT2D eigenvalue weighted by molar-refractivity contribution is 8.19. The maximum Gasteiger partial charge on any atom is 0.251 e. The van der Waals surface area contributed by atoms with E-state index in [-0.39, 0.29) is 25.5 Å². The molecule has 1 fully saturated rings. The van der Waals surface area contributed by atoms with Gasteiger partial charge in [-0.3, -0.25) is 4.79 Å². The molecule has 6 heteroatoms. The van der Waals surface area contributed by atoms with Crippen LogP contribution in [0.3, 0.4) is 0 Å². The normalized spacial score (nSPS) is 18.4. The van der Waals surface area contributed by atoms with Gasteiger partial charge in [0.05, 0.1) is 10.2 Å². The van der Waals surface area contributed by atoms with Gasteiger partial charge < -0.3 is 15.5 Å². The summed E-state index contributed by atoms with van der Waals surface area (Å²) in [7, 11) is 0. The lowest BCUT2D eigenvalue weighted by Gasteiger charge is -2.22. The zero-order valence-electron chi connectivity index (χ0n) is 12.0. The van der Waals surface area contributed by atoms with Crippen molar-refractivity contribution in [3.8, 4) is 0 Å². The minimum atomic E-state index is -1.08. The van der Waals surface area contributed by atoms with Crippen LogP contribution in [0, 0.1) is 0 Å². The first-order valence-corrected chi connectivity index (χ1v) is 9.06. The number of hydrogen-bond acceptors (Lipinski definition) is 5. The summed E-state index contributed by atoms with van der Waals surface area (Å²) >= 11 is 3.87. The summed E-state index contributed by atoms with van der Waals surface area (Å²) in [5.74, 6) is 2.15. The van der Waals surface area contributed by atoms with Crippen LogP contribution in [-0.4, -0.2) is 46.4 Å². The van der Waals surface area contributed by atoms with Crippen molar-refractivity contribution in [3.05, 3.63) is 35.4 Å². The molecule has 1 aliphatic heterocycles. The van der Waals surface area contributed by atoms with E-state index in [9.17, 15) is 9.90 Å². The minimum absolute atomic E-state index is 0.103. The number of carbonyl (C=O) groups excluding carboxylic acids is 1. The fourth-order valence-electron chi connectivity index (χ4n) is 2.04. The van der Waals surface area contributed by atoms with Crippen LogP contribution in [0.2, 0.25) is 0 Å². The number of carbonyl (C=O) groups is 1. The van der Waals surface area contributed by atoms with Crippen LogP contribution in [0.15, 0.2) is 24.3 Å². The Balaban J connectivity index is 1.90. The molecule has 1 aliphatic rings. The van der Waals surface area contributed by atoms with Crippen LogP contribution in [0.1, 0.15) is 33.8 Å². The first kappa shape index (κ1) is 16.7. The van der Waals surface area contributed by atoms with Crippen LogP contribution in [0.4, 0.5) is 0 Å². The Labute approximate surface area is 133 Å². The van der Waals surface area contributed by atoms with Crippen molar-refractivity contribution in [2.75, 3.05) is 24.7 Å². The molecular formula is C15H21NO3S2. The topological polar surface area (TPSA) is 69.6 Å². The molecule has 0 aliphatic carbocycles. The zero-order valence-corrected chi connectivity index (χ0v) is 13.7. The summed E-state index contributed by atoms with van der Waals surface area (Å²) < 4.78 is 0.479. The van der Waals surface area contributed by atoms with Crippen LogP contribution in [-0.2, 0) is 0 Å². The largest absolute Gasteiger partial charge is 0.396 e. The maximum absolute atomic E-state index is 12.0. The molecule has 1 atom stereocenters. The van der Waals surface area contributed by atoms with E-state index in [1.54, 1.807) is 6.92 Å². The lowest BCUT2D eigenvalue weighted by molar-refractivity contribution is 0.0324. The van der Waals surface area contributed by atoms with Crippen molar-refractivity contribution in [2.24, 2.45) is 0 Å². The molecule has 0 radical (unpaired) electrons. The highest BCUT2D eigenvalue weighted by Gasteiger charge is 2.21. The third-order valence-corrected chi connectivity index (χ3v) is 6.45. The number of rotatable bonds is 6. The van der Waals surface area contributed by atoms with Crippen molar-refractivity contribution in [2.45, 2.75) is 23.5 Å². The van der Waals surface area contributed by atoms with Gasteiger partial charge in [-0.25, -0.2) is 0 Å². The molecule has 116 valence electrons. The van der Waals surface area contributed by atoms with E-state index < -0.39 is 5.60 Å². The SMILES string of the molecule is CC(O)(CCO)CNC(=O)c1ccc(C2SCCS2)cc1. The molecule has 21 heavy (non-hydrogen) atoms. The Morgan fingerprint density at radius 3 is 2.52 bits per heavy atom. The number of nitrogens with one attached hydrogen (secondary N) is 1. The number of aliphatic hydroxyl groups is 2. The molecule has 0 spiro atoms. The number of aliphatic hydroxyl groups excluding tert-OH is 1. The second-order valence-electron chi connectivity index (χ2n) is 5.35. The molecule has 1 heterocycles. The van der Waals surface area contributed by atoms with Crippen LogP contribution in [0.25, 0.3) is 0 Å². The molecule has 0 aromatic heterocycles. The molecule has 0 bridgehead atoms. The highest BCUT2D eigenvalue weighted by atomic mass is 32.2. The maximum atomic E-state index is 12.0. The average Bonchev–Trinajstić information content (AvgIpc) is 2.99. The number of thioether (sulfide) groups is 2. The van der Waals surface area contributed by atoms with Crippen molar-refractivity contribution in [1.29, 1.82) is 0 Å². The predicted octanol–water partition coefficient (Wildman–Crippen LogP) is 2.03. The first-order valence-electron chi connectivity index (χ1n) is 6.96. The fourth-order valence-corrected chi connectivity index (χ4v) is 4.90. The number of hydrogen-bond donors (Lipinski definition) is 3. The molecule has 2 rings (SSSR count). The third kappa shape index (κ3) is 4.92. The van der Waals surface area contributed by atoms with E-state index in [0.29, 0.717) is 10.1 Å². The lowest BCUT2D eigenvalue weighted by atomic mass is 10.0. The van der Waals surface area contributed by atoms with E-state index in [1.165, 1.54) is 17.1 Å². The van der Waals surface area contributed by atoms with Gasteiger partial charge in [0.25, 0.3) is 5.91 Å². The van der Waals surface area contributed by atoms with Crippen molar-refractivity contribution < 1.29 is 15.0 Å². The van der Waals surface area contributed by atoms with Crippen LogP contribution < -0.4 is 5.32 Å². The van der Waals surface area contributed by atoms with Crippen molar-refractivity contribution >= 4 is 29.4 Å². The van der Waals surface area contributed by atoms with E-state index in [0.717, 1.165) is 0 Å². The predicted molar refractivity (Wildman–Crippen MR) is 88.8 cm³/mol. The monoisotopic (exact) mass is 327 g/mol. The zero-order chi connectivity index (χ0) is 15.3. The summed E-state index contributed by atoms with van der Waals surface area (Å²) in [6, 6.07) is 7.64. The molecule has 4 nitrogen and oxygen atoms in total. The standard InChI is InChI=1S/C15H21NO3S2/c1-15(19,6-7-17)10-16-13(18)11-2-4-12(5-3-11)14-20-8-9-21-14/h2-5,14,17,19H,6-10H2,1H3,(H,16,18). The third-order valence-electron chi connectivity index (χ3n) is 3.35. The fraction of sp³-hybridized carbons (Fsp3) is 0.533. The van der Waals surface area contributed by atoms with Gasteiger partial charge in [-0.05, 0) is 24.6 Å². The molecule has 1 saturated heterocycles. The Morgan fingerprint density at radius 2 is 1.95 bits per heavy atom. The van der Waals surface area contributed by atoms with Crippen molar-refractivity contribution in [1.82, 2.24) is 5.32 Å². The van der Waals surface area contributed by atoms with Gasteiger partial charge in [0.2, 0.25) is 0 Å². The quantitative estimate of drug-likeness (QED) is 0.746. The van der Waals surface area contributed by atoms with E-state index >= 15 is 0 Å². The molecule has 1 aromatic rings. The molecular weight excluding hydrogens is 306 g/mol. The van der Waals surface area contributed by atoms with Gasteiger partial charge in [0.15, 0.2) is 0 Å². The summed E-state index contributed by atoms with van der Waals surface area (Å²) in [5, 5.41) is 21.5. The van der Waals surface area contributed by atoms with Gasteiger partial charge in [-0.2, -0.15) is 0 Å². The van der Waals surface area contributed by atoms with E-state index in [2.05, 4.69) is 5.32 Å². The molecule has 3 N–H and O–H groups in total. The lowest BCUT2D eigenvalue weighted by Crippen LogP contribution is -2.41. The second-order valence-corrected chi connectivity index (χ2v) is 8.07. The molecule has 1 aromatic carbocycles. The molecule has 0 saturated carbocycles. The summed E-state index contributed by atoms with van der Waals surface area (Å²) in [6.07, 6.45) is 0.238. The first-order chi connectivity index (χ1) is 10.0. The molecule has 1 amide bonds. The van der Waals surface area contributed by atoms with Crippen LogP contribution in [0.5, 0.6) is 0 Å². The minimum Gasteiger partial charge on any atom is -0.396 e. The molecule has 1 unspecified atom stereocenters. The van der Waals surface area contributed by atoms with E-state index in [4.69, 9.17) is 5.11 Å². The Morgan fingerprint density at radius 1 is 1.33 bits per heavy atom. The Kier molecular flexibility index (Phi) is 5.98. The highest BCUT2D eigenvalue weighted by Crippen LogP contribution is 2.45. The Hall–Kier alpha value is -0.690. The second kappa shape index (κ2) is 7.54. The number of amides is 1.